The third-order valence-electron chi connectivity index (χ3n) is 2.61. The fourth-order valence-electron chi connectivity index (χ4n) is 1.61. The van der Waals surface area contributed by atoms with Crippen molar-refractivity contribution in [3.63, 3.8) is 0 Å². The minimum atomic E-state index is -0.164. The summed E-state index contributed by atoms with van der Waals surface area (Å²) in [5.74, 6) is 1.55. The SMILES string of the molecule is COc1cc(C)ccc1Oc1cc(CO)c(Cl)cn1. The maximum Gasteiger partial charge on any atom is 0.219 e. The molecule has 100 valence electrons. The number of benzene rings is 1. The second-order valence-electron chi connectivity index (χ2n) is 4.03. The first-order valence-electron chi connectivity index (χ1n) is 5.72. The second-order valence-corrected chi connectivity index (χ2v) is 4.44. The molecule has 0 saturated carbocycles. The predicted octanol–water partition coefficient (Wildman–Crippen LogP) is 3.34. The summed E-state index contributed by atoms with van der Waals surface area (Å²) in [7, 11) is 1.58. The molecule has 0 radical (unpaired) electrons. The average molecular weight is 280 g/mol. The Morgan fingerprint density at radius 2 is 2.05 bits per heavy atom. The zero-order chi connectivity index (χ0) is 13.8. The maximum atomic E-state index is 9.15. The van der Waals surface area contributed by atoms with E-state index in [1.807, 2.05) is 25.1 Å². The summed E-state index contributed by atoms with van der Waals surface area (Å²) >= 11 is 5.88. The van der Waals surface area contributed by atoms with E-state index in [-0.39, 0.29) is 6.61 Å². The first kappa shape index (κ1) is 13.6. The third kappa shape index (κ3) is 3.16. The normalized spacial score (nSPS) is 10.3. The number of hydrogen-bond acceptors (Lipinski definition) is 4. The summed E-state index contributed by atoms with van der Waals surface area (Å²) in [4.78, 5) is 4.06. The van der Waals surface area contributed by atoms with Crippen LogP contribution in [0.3, 0.4) is 0 Å². The summed E-state index contributed by atoms with van der Waals surface area (Å²) in [6.45, 7) is 1.81. The van der Waals surface area contributed by atoms with Crippen LogP contribution < -0.4 is 9.47 Å². The van der Waals surface area contributed by atoms with Crippen LogP contribution in [0.2, 0.25) is 5.02 Å². The summed E-state index contributed by atoms with van der Waals surface area (Å²) in [5.41, 5.74) is 1.64. The van der Waals surface area contributed by atoms with Gasteiger partial charge in [-0.15, -0.1) is 0 Å². The Labute approximate surface area is 116 Å². The van der Waals surface area contributed by atoms with Gasteiger partial charge in [0.25, 0.3) is 0 Å². The van der Waals surface area contributed by atoms with Gasteiger partial charge in [-0.1, -0.05) is 17.7 Å². The molecule has 0 unspecified atom stereocenters. The van der Waals surface area contributed by atoms with Gasteiger partial charge in [0.1, 0.15) is 0 Å². The zero-order valence-corrected chi connectivity index (χ0v) is 11.4. The van der Waals surface area contributed by atoms with Crippen molar-refractivity contribution < 1.29 is 14.6 Å². The van der Waals surface area contributed by atoms with Crippen LogP contribution in [0.25, 0.3) is 0 Å². The van der Waals surface area contributed by atoms with Crippen LogP contribution in [0.4, 0.5) is 0 Å². The van der Waals surface area contributed by atoms with Crippen molar-refractivity contribution in [3.8, 4) is 17.4 Å². The Hall–Kier alpha value is -1.78. The molecule has 0 aliphatic carbocycles. The molecule has 0 amide bonds. The number of hydrogen-bond donors (Lipinski definition) is 1. The topological polar surface area (TPSA) is 51.6 Å². The van der Waals surface area contributed by atoms with Gasteiger partial charge < -0.3 is 14.6 Å². The standard InChI is InChI=1S/C14H14ClNO3/c1-9-3-4-12(13(5-9)18-2)19-14-6-10(8-17)11(15)7-16-14/h3-7,17H,8H2,1-2H3. The van der Waals surface area contributed by atoms with E-state index < -0.39 is 0 Å². The number of halogens is 1. The molecule has 2 rings (SSSR count). The molecule has 4 nitrogen and oxygen atoms in total. The highest BCUT2D eigenvalue weighted by molar-refractivity contribution is 6.31. The van der Waals surface area contributed by atoms with Crippen molar-refractivity contribution in [3.05, 3.63) is 46.6 Å². The van der Waals surface area contributed by atoms with Crippen LogP contribution in [0.1, 0.15) is 11.1 Å². The summed E-state index contributed by atoms with van der Waals surface area (Å²) in [6.07, 6.45) is 1.45. The molecule has 0 saturated heterocycles. The molecule has 5 heteroatoms. The fraction of sp³-hybridized carbons (Fsp3) is 0.214. The van der Waals surface area contributed by atoms with Gasteiger partial charge in [-0.25, -0.2) is 4.98 Å². The van der Waals surface area contributed by atoms with Crippen molar-refractivity contribution >= 4 is 11.6 Å². The van der Waals surface area contributed by atoms with Gasteiger partial charge in [0.15, 0.2) is 11.5 Å². The van der Waals surface area contributed by atoms with Crippen LogP contribution in [0.15, 0.2) is 30.5 Å². The predicted molar refractivity (Wildman–Crippen MR) is 73.0 cm³/mol. The number of aliphatic hydroxyl groups is 1. The van der Waals surface area contributed by atoms with E-state index in [2.05, 4.69) is 4.98 Å². The average Bonchev–Trinajstić information content (AvgIpc) is 2.42. The lowest BCUT2D eigenvalue weighted by Crippen LogP contribution is -1.94. The summed E-state index contributed by atoms with van der Waals surface area (Å²) in [6, 6.07) is 7.20. The fourth-order valence-corrected chi connectivity index (χ4v) is 1.77. The Bertz CT molecular complexity index is 587. The molecule has 0 fully saturated rings. The van der Waals surface area contributed by atoms with E-state index in [9.17, 15) is 0 Å². The van der Waals surface area contributed by atoms with Crippen molar-refractivity contribution in [2.24, 2.45) is 0 Å². The van der Waals surface area contributed by atoms with Crippen LogP contribution in [-0.4, -0.2) is 17.2 Å². The lowest BCUT2D eigenvalue weighted by Gasteiger charge is -2.11. The van der Waals surface area contributed by atoms with Gasteiger partial charge in [-0.05, 0) is 24.6 Å². The van der Waals surface area contributed by atoms with Gasteiger partial charge in [0, 0.05) is 17.8 Å². The van der Waals surface area contributed by atoms with Gasteiger partial charge in [0.05, 0.1) is 18.7 Å². The number of aliphatic hydroxyl groups excluding tert-OH is 1. The van der Waals surface area contributed by atoms with Crippen LogP contribution >= 0.6 is 11.6 Å². The molecular formula is C14H14ClNO3. The Kier molecular flexibility index (Phi) is 4.24. The molecule has 1 N–H and O–H groups in total. The largest absolute Gasteiger partial charge is 0.493 e. The number of aromatic nitrogens is 1. The molecule has 2 aromatic rings. The second kappa shape index (κ2) is 5.91. The highest BCUT2D eigenvalue weighted by atomic mass is 35.5. The van der Waals surface area contributed by atoms with Gasteiger partial charge in [-0.3, -0.25) is 0 Å². The summed E-state index contributed by atoms with van der Waals surface area (Å²) < 4.78 is 10.9. The minimum absolute atomic E-state index is 0.164. The molecule has 1 heterocycles. The molecule has 1 aromatic heterocycles. The highest BCUT2D eigenvalue weighted by Gasteiger charge is 2.08. The van der Waals surface area contributed by atoms with E-state index in [0.717, 1.165) is 5.56 Å². The van der Waals surface area contributed by atoms with Crippen LogP contribution in [0, 0.1) is 6.92 Å². The number of pyridine rings is 1. The van der Waals surface area contributed by atoms with Crippen molar-refractivity contribution in [2.75, 3.05) is 7.11 Å². The summed E-state index contributed by atoms with van der Waals surface area (Å²) in [5, 5.41) is 9.56. The first-order chi connectivity index (χ1) is 9.13. The molecule has 19 heavy (non-hydrogen) atoms. The Morgan fingerprint density at radius 3 is 2.74 bits per heavy atom. The van der Waals surface area contributed by atoms with Gasteiger partial charge in [0.2, 0.25) is 5.88 Å². The molecule has 0 bridgehead atoms. The molecule has 0 aliphatic heterocycles. The number of rotatable bonds is 4. The minimum Gasteiger partial charge on any atom is -0.493 e. The smallest absolute Gasteiger partial charge is 0.219 e. The van der Waals surface area contributed by atoms with E-state index in [1.165, 1.54) is 6.20 Å². The van der Waals surface area contributed by atoms with Crippen LogP contribution in [-0.2, 0) is 6.61 Å². The van der Waals surface area contributed by atoms with E-state index >= 15 is 0 Å². The molecular weight excluding hydrogens is 266 g/mol. The van der Waals surface area contributed by atoms with Crippen molar-refractivity contribution in [1.29, 1.82) is 0 Å². The van der Waals surface area contributed by atoms with E-state index in [4.69, 9.17) is 26.2 Å². The van der Waals surface area contributed by atoms with E-state index in [0.29, 0.717) is 28.0 Å². The lowest BCUT2D eigenvalue weighted by atomic mass is 10.2. The number of aryl methyl sites for hydroxylation is 1. The number of ether oxygens (including phenoxy) is 2. The van der Waals surface area contributed by atoms with Crippen molar-refractivity contribution in [1.82, 2.24) is 4.98 Å². The van der Waals surface area contributed by atoms with Crippen LogP contribution in [0.5, 0.6) is 17.4 Å². The molecule has 0 spiro atoms. The van der Waals surface area contributed by atoms with E-state index in [1.54, 1.807) is 13.2 Å². The lowest BCUT2D eigenvalue weighted by molar-refractivity contribution is 0.281. The Balaban J connectivity index is 2.30. The zero-order valence-electron chi connectivity index (χ0n) is 10.7. The Morgan fingerprint density at radius 1 is 1.26 bits per heavy atom. The maximum absolute atomic E-state index is 9.15. The molecule has 1 aromatic carbocycles. The number of methoxy groups -OCH3 is 1. The molecule has 0 atom stereocenters. The van der Waals surface area contributed by atoms with Crippen molar-refractivity contribution in [2.45, 2.75) is 13.5 Å². The monoisotopic (exact) mass is 279 g/mol. The number of nitrogens with zero attached hydrogens (tertiary/aromatic N) is 1. The van der Waals surface area contributed by atoms with Gasteiger partial charge in [-0.2, -0.15) is 0 Å². The van der Waals surface area contributed by atoms with Gasteiger partial charge >= 0.3 is 0 Å². The third-order valence-corrected chi connectivity index (χ3v) is 2.95. The first-order valence-corrected chi connectivity index (χ1v) is 6.09. The molecule has 0 aliphatic rings. The quantitative estimate of drug-likeness (QED) is 0.933. The highest BCUT2D eigenvalue weighted by Crippen LogP contribution is 2.32.